The lowest BCUT2D eigenvalue weighted by molar-refractivity contribution is 0.910. The van der Waals surface area contributed by atoms with Gasteiger partial charge in [-0.1, -0.05) is 49.4 Å². The number of nitrogens with zero attached hydrogens (tertiary/aromatic N) is 1. The Morgan fingerprint density at radius 2 is 1.65 bits per heavy atom. The first-order chi connectivity index (χ1) is 8.34. The minimum atomic E-state index is 0.369. The van der Waals surface area contributed by atoms with Crippen molar-refractivity contribution in [2.75, 3.05) is 0 Å². The molecule has 1 aromatic heterocycles. The van der Waals surface area contributed by atoms with Crippen molar-refractivity contribution in [2.24, 2.45) is 0 Å². The monoisotopic (exact) mass is 239 g/mol. The highest BCUT2D eigenvalue weighted by Gasteiger charge is 2.12. The summed E-state index contributed by atoms with van der Waals surface area (Å²) in [6, 6.07) is 18.9. The number of hydrogen-bond acceptors (Lipinski definition) is 2. The molecule has 0 bridgehead atoms. The third-order valence-electron chi connectivity index (χ3n) is 2.98. The second-order valence-corrected chi connectivity index (χ2v) is 5.21. The Bertz CT molecular complexity index is 594. The quantitative estimate of drug-likeness (QED) is 0.644. The molecule has 0 amide bonds. The minimum absolute atomic E-state index is 0.369. The summed E-state index contributed by atoms with van der Waals surface area (Å²) in [5.41, 5.74) is 2.43. The van der Waals surface area contributed by atoms with Crippen molar-refractivity contribution < 1.29 is 0 Å². The second kappa shape index (κ2) is 4.30. The van der Waals surface area contributed by atoms with Gasteiger partial charge in [0.2, 0.25) is 0 Å². The summed E-state index contributed by atoms with van der Waals surface area (Å²) in [5, 5.41) is 1.19. The second-order valence-electron chi connectivity index (χ2n) is 4.15. The van der Waals surface area contributed by atoms with Gasteiger partial charge in [0.25, 0.3) is 0 Å². The SMILES string of the molecule is CC(c1ccccc1)c1nc2ccccc2s1. The molecule has 0 N–H and O–H groups in total. The van der Waals surface area contributed by atoms with Crippen molar-refractivity contribution in [1.82, 2.24) is 4.98 Å². The molecule has 1 heterocycles. The van der Waals surface area contributed by atoms with E-state index < -0.39 is 0 Å². The van der Waals surface area contributed by atoms with Crippen LogP contribution in [0.25, 0.3) is 10.2 Å². The van der Waals surface area contributed by atoms with E-state index in [2.05, 4.69) is 55.5 Å². The number of hydrogen-bond donors (Lipinski definition) is 0. The van der Waals surface area contributed by atoms with Gasteiger partial charge in [-0.05, 0) is 17.7 Å². The van der Waals surface area contributed by atoms with Gasteiger partial charge in [0.1, 0.15) is 5.01 Å². The molecule has 0 fully saturated rings. The molecule has 0 aliphatic carbocycles. The number of para-hydroxylation sites is 1. The van der Waals surface area contributed by atoms with Gasteiger partial charge in [0, 0.05) is 5.92 Å². The minimum Gasteiger partial charge on any atom is -0.241 e. The van der Waals surface area contributed by atoms with E-state index in [0.717, 1.165) is 5.52 Å². The van der Waals surface area contributed by atoms with Gasteiger partial charge in [-0.15, -0.1) is 11.3 Å². The van der Waals surface area contributed by atoms with Crippen LogP contribution in [0.15, 0.2) is 54.6 Å². The Morgan fingerprint density at radius 3 is 2.41 bits per heavy atom. The summed E-state index contributed by atoms with van der Waals surface area (Å²) in [6.45, 7) is 2.22. The maximum absolute atomic E-state index is 4.71. The first kappa shape index (κ1) is 10.5. The maximum atomic E-state index is 4.71. The highest BCUT2D eigenvalue weighted by atomic mass is 32.1. The third-order valence-corrected chi connectivity index (χ3v) is 4.20. The number of fused-ring (bicyclic) bond motifs is 1. The molecule has 2 aromatic carbocycles. The van der Waals surface area contributed by atoms with Crippen molar-refractivity contribution >= 4 is 21.6 Å². The summed E-state index contributed by atoms with van der Waals surface area (Å²) in [4.78, 5) is 4.71. The van der Waals surface area contributed by atoms with Crippen LogP contribution in [0.5, 0.6) is 0 Å². The van der Waals surface area contributed by atoms with E-state index in [-0.39, 0.29) is 0 Å². The maximum Gasteiger partial charge on any atom is 0.101 e. The normalized spacial score (nSPS) is 12.8. The first-order valence-electron chi connectivity index (χ1n) is 5.75. The predicted molar refractivity (Wildman–Crippen MR) is 73.6 cm³/mol. The van der Waals surface area contributed by atoms with Crippen molar-refractivity contribution in [3.63, 3.8) is 0 Å². The van der Waals surface area contributed by atoms with Crippen LogP contribution in [-0.2, 0) is 0 Å². The highest BCUT2D eigenvalue weighted by molar-refractivity contribution is 7.18. The number of rotatable bonds is 2. The summed E-state index contributed by atoms with van der Waals surface area (Å²) in [6.07, 6.45) is 0. The summed E-state index contributed by atoms with van der Waals surface area (Å²) >= 11 is 1.79. The molecule has 0 saturated heterocycles. The fourth-order valence-electron chi connectivity index (χ4n) is 1.96. The number of thiazole rings is 1. The van der Waals surface area contributed by atoms with Gasteiger partial charge in [0.05, 0.1) is 10.2 Å². The Labute approximate surface area is 105 Å². The van der Waals surface area contributed by atoms with Crippen LogP contribution in [0.1, 0.15) is 23.4 Å². The van der Waals surface area contributed by atoms with E-state index in [9.17, 15) is 0 Å². The van der Waals surface area contributed by atoms with Crippen molar-refractivity contribution in [2.45, 2.75) is 12.8 Å². The molecule has 0 radical (unpaired) electrons. The summed E-state index contributed by atoms with van der Waals surface area (Å²) in [7, 11) is 0. The molecule has 0 aliphatic heterocycles. The van der Waals surface area contributed by atoms with Gasteiger partial charge in [-0.25, -0.2) is 4.98 Å². The highest BCUT2D eigenvalue weighted by Crippen LogP contribution is 2.31. The first-order valence-corrected chi connectivity index (χ1v) is 6.56. The molecule has 0 aliphatic rings. The average Bonchev–Trinajstić information content (AvgIpc) is 2.82. The summed E-state index contributed by atoms with van der Waals surface area (Å²) < 4.78 is 1.27. The van der Waals surface area contributed by atoms with Crippen molar-refractivity contribution in [1.29, 1.82) is 0 Å². The van der Waals surface area contributed by atoms with Gasteiger partial charge in [-0.3, -0.25) is 0 Å². The zero-order valence-electron chi connectivity index (χ0n) is 9.63. The number of benzene rings is 2. The van der Waals surface area contributed by atoms with E-state index in [0.29, 0.717) is 5.92 Å². The van der Waals surface area contributed by atoms with E-state index in [4.69, 9.17) is 4.98 Å². The van der Waals surface area contributed by atoms with Crippen LogP contribution < -0.4 is 0 Å². The zero-order valence-corrected chi connectivity index (χ0v) is 10.4. The average molecular weight is 239 g/mol. The van der Waals surface area contributed by atoms with Crippen LogP contribution in [0.4, 0.5) is 0 Å². The fraction of sp³-hybridized carbons (Fsp3) is 0.133. The van der Waals surface area contributed by atoms with Gasteiger partial charge < -0.3 is 0 Å². The van der Waals surface area contributed by atoms with Crippen molar-refractivity contribution in [3.8, 4) is 0 Å². The smallest absolute Gasteiger partial charge is 0.101 e. The molecule has 0 saturated carbocycles. The van der Waals surface area contributed by atoms with Crippen LogP contribution >= 0.6 is 11.3 Å². The topological polar surface area (TPSA) is 12.9 Å². The van der Waals surface area contributed by atoms with Gasteiger partial charge >= 0.3 is 0 Å². The zero-order chi connectivity index (χ0) is 11.7. The lowest BCUT2D eigenvalue weighted by Crippen LogP contribution is -1.94. The molecule has 1 atom stereocenters. The molecular weight excluding hydrogens is 226 g/mol. The lowest BCUT2D eigenvalue weighted by Gasteiger charge is -2.07. The van der Waals surface area contributed by atoms with Crippen molar-refractivity contribution in [3.05, 3.63) is 65.2 Å². The molecule has 0 spiro atoms. The third kappa shape index (κ3) is 1.96. The molecule has 2 heteroatoms. The van der Waals surface area contributed by atoms with Crippen LogP contribution in [0, 0.1) is 0 Å². The van der Waals surface area contributed by atoms with Gasteiger partial charge in [0.15, 0.2) is 0 Å². The Balaban J connectivity index is 2.04. The molecule has 3 aromatic rings. The van der Waals surface area contributed by atoms with Crippen LogP contribution in [0.3, 0.4) is 0 Å². The molecule has 1 nitrogen and oxygen atoms in total. The van der Waals surface area contributed by atoms with E-state index >= 15 is 0 Å². The Hall–Kier alpha value is -1.67. The lowest BCUT2D eigenvalue weighted by atomic mass is 10.0. The number of aromatic nitrogens is 1. The molecular formula is C15H13NS. The molecule has 1 unspecified atom stereocenters. The molecule has 17 heavy (non-hydrogen) atoms. The van der Waals surface area contributed by atoms with E-state index in [1.165, 1.54) is 15.3 Å². The standard InChI is InChI=1S/C15H13NS/c1-11(12-7-3-2-4-8-12)15-16-13-9-5-6-10-14(13)17-15/h2-11H,1H3. The largest absolute Gasteiger partial charge is 0.241 e. The molecule has 84 valence electrons. The summed E-state index contributed by atoms with van der Waals surface area (Å²) in [5.74, 6) is 0.369. The fourth-order valence-corrected chi connectivity index (χ4v) is 3.01. The Kier molecular flexibility index (Phi) is 2.65. The Morgan fingerprint density at radius 1 is 0.941 bits per heavy atom. The van der Waals surface area contributed by atoms with Crippen LogP contribution in [0.2, 0.25) is 0 Å². The molecule has 3 rings (SSSR count). The van der Waals surface area contributed by atoms with Crippen LogP contribution in [-0.4, -0.2) is 4.98 Å². The van der Waals surface area contributed by atoms with Gasteiger partial charge in [-0.2, -0.15) is 0 Å². The van der Waals surface area contributed by atoms with E-state index in [1.54, 1.807) is 11.3 Å². The predicted octanol–water partition coefficient (Wildman–Crippen LogP) is 4.45. The van der Waals surface area contributed by atoms with E-state index in [1.807, 2.05) is 6.07 Å².